The first-order chi connectivity index (χ1) is 14.6. The smallest absolute Gasteiger partial charge is 0.305 e. The lowest BCUT2D eigenvalue weighted by Crippen LogP contribution is -2.27. The summed E-state index contributed by atoms with van der Waals surface area (Å²) in [5, 5.41) is 0. The highest BCUT2D eigenvalue weighted by molar-refractivity contribution is 6.13. The third kappa shape index (κ3) is 3.60. The largest absolute Gasteiger partial charge is 0.493 e. The molecule has 0 atom stereocenters. The fourth-order valence-corrected chi connectivity index (χ4v) is 3.47. The van der Waals surface area contributed by atoms with Gasteiger partial charge >= 0.3 is 5.97 Å². The molecule has 0 unspecified atom stereocenters. The van der Waals surface area contributed by atoms with Gasteiger partial charge in [0.05, 0.1) is 43.5 Å². The molecule has 0 bridgehead atoms. The second-order valence-electron chi connectivity index (χ2n) is 6.79. The van der Waals surface area contributed by atoms with Crippen molar-refractivity contribution < 1.29 is 23.8 Å². The predicted molar refractivity (Wildman–Crippen MR) is 111 cm³/mol. The average Bonchev–Trinajstić information content (AvgIpc) is 3.12. The van der Waals surface area contributed by atoms with Crippen molar-refractivity contribution in [1.82, 2.24) is 0 Å². The van der Waals surface area contributed by atoms with E-state index >= 15 is 0 Å². The van der Waals surface area contributed by atoms with Crippen LogP contribution in [0.15, 0.2) is 52.8 Å². The number of hydrogen-bond acceptors (Lipinski definition) is 6. The predicted octanol–water partition coefficient (Wildman–Crippen LogP) is 3.58. The number of para-hydroxylation sites is 1. The number of methoxy groups -OCH3 is 2. The summed E-state index contributed by atoms with van der Waals surface area (Å²) in [7, 11) is 2.86. The van der Waals surface area contributed by atoms with Crippen molar-refractivity contribution in [1.29, 1.82) is 0 Å². The molecule has 2 heterocycles. The van der Waals surface area contributed by atoms with Crippen LogP contribution in [0, 0.1) is 0 Å². The number of aliphatic imine (C=N–C) groups is 1. The van der Waals surface area contributed by atoms with Crippen LogP contribution in [-0.4, -0.2) is 38.6 Å². The quantitative estimate of drug-likeness (QED) is 0.418. The molecule has 0 aromatic heterocycles. The van der Waals surface area contributed by atoms with E-state index in [-0.39, 0.29) is 18.3 Å². The third-order valence-electron chi connectivity index (χ3n) is 4.96. The van der Waals surface area contributed by atoms with Crippen molar-refractivity contribution in [2.45, 2.75) is 19.3 Å². The minimum Gasteiger partial charge on any atom is -0.493 e. The van der Waals surface area contributed by atoms with Crippen LogP contribution in [0.2, 0.25) is 0 Å². The molecule has 0 radical (unpaired) electrons. The normalized spacial score (nSPS) is 13.6. The van der Waals surface area contributed by atoms with Gasteiger partial charge in [-0.05, 0) is 29.8 Å². The molecule has 0 saturated heterocycles. The molecule has 0 saturated carbocycles. The van der Waals surface area contributed by atoms with E-state index in [2.05, 4.69) is 21.3 Å². The summed E-state index contributed by atoms with van der Waals surface area (Å²) in [6.45, 7) is 0.293. The van der Waals surface area contributed by atoms with Crippen molar-refractivity contribution in [3.05, 3.63) is 59.0 Å². The van der Waals surface area contributed by atoms with E-state index in [0.717, 1.165) is 11.3 Å². The van der Waals surface area contributed by atoms with Crippen LogP contribution in [0.1, 0.15) is 28.8 Å². The molecular formula is C23H20N2O5. The molecule has 2 aliphatic heterocycles. The summed E-state index contributed by atoms with van der Waals surface area (Å²) < 4.78 is 15.8. The van der Waals surface area contributed by atoms with Gasteiger partial charge < -0.3 is 14.2 Å². The maximum absolute atomic E-state index is 13.4. The number of amides is 1. The molecule has 30 heavy (non-hydrogen) atoms. The van der Waals surface area contributed by atoms with Gasteiger partial charge in [0.1, 0.15) is 0 Å². The zero-order chi connectivity index (χ0) is 21.1. The van der Waals surface area contributed by atoms with E-state index in [0.29, 0.717) is 47.9 Å². The standard InChI is InChI=1S/C23H20N2O5/c1-28-20-13-17-18(14-21(20)30-11-5-8-22(26)29-2)24-10-9-16-12-15-6-3-4-7-19(15)25(16)23(17)27/h3-4,6-7,13-14H,5,8,11-12H2,1-2H3. The van der Waals surface area contributed by atoms with E-state index < -0.39 is 0 Å². The first-order valence-electron chi connectivity index (χ1n) is 9.54. The highest BCUT2D eigenvalue weighted by Crippen LogP contribution is 2.40. The second kappa shape index (κ2) is 8.29. The Morgan fingerprint density at radius 3 is 2.83 bits per heavy atom. The molecule has 0 aliphatic carbocycles. The third-order valence-corrected chi connectivity index (χ3v) is 4.96. The molecule has 152 valence electrons. The Bertz CT molecular complexity index is 1120. The maximum Gasteiger partial charge on any atom is 0.305 e. The van der Waals surface area contributed by atoms with Gasteiger partial charge in [0.15, 0.2) is 11.5 Å². The molecule has 2 aromatic rings. The highest BCUT2D eigenvalue weighted by Gasteiger charge is 2.32. The van der Waals surface area contributed by atoms with E-state index in [1.165, 1.54) is 14.2 Å². The molecule has 0 N–H and O–H groups in total. The Hall–Kier alpha value is -3.79. The van der Waals surface area contributed by atoms with E-state index in [1.807, 2.05) is 24.3 Å². The average molecular weight is 404 g/mol. The fourth-order valence-electron chi connectivity index (χ4n) is 3.47. The molecule has 2 aliphatic rings. The summed E-state index contributed by atoms with van der Waals surface area (Å²) >= 11 is 0. The number of hydrogen-bond donors (Lipinski definition) is 0. The SMILES string of the molecule is COC(=O)CCCOc1cc2c(cc1OC)C(=O)N1C(=C=C=N2)Cc2ccccc21. The number of carbonyl (C=O) groups excluding carboxylic acids is 2. The summed E-state index contributed by atoms with van der Waals surface area (Å²) in [4.78, 5) is 30.6. The van der Waals surface area contributed by atoms with Gasteiger partial charge in [-0.3, -0.25) is 14.5 Å². The molecule has 0 spiro atoms. The van der Waals surface area contributed by atoms with Gasteiger partial charge in [-0.2, -0.15) is 4.99 Å². The molecule has 1 amide bonds. The van der Waals surface area contributed by atoms with Crippen molar-refractivity contribution >= 4 is 29.1 Å². The zero-order valence-corrected chi connectivity index (χ0v) is 16.7. The van der Waals surface area contributed by atoms with Crippen LogP contribution in [0.25, 0.3) is 0 Å². The molecule has 7 nitrogen and oxygen atoms in total. The van der Waals surface area contributed by atoms with Gasteiger partial charge in [0, 0.05) is 24.8 Å². The van der Waals surface area contributed by atoms with E-state index in [1.54, 1.807) is 17.0 Å². The Balaban J connectivity index is 1.67. The molecule has 7 heteroatoms. The number of esters is 1. The van der Waals surface area contributed by atoms with Crippen molar-refractivity contribution in [3.63, 3.8) is 0 Å². The van der Waals surface area contributed by atoms with Crippen LogP contribution in [0.3, 0.4) is 0 Å². The number of allylic oxidation sites excluding steroid dienone is 1. The van der Waals surface area contributed by atoms with Gasteiger partial charge in [-0.25, -0.2) is 0 Å². The summed E-state index contributed by atoms with van der Waals surface area (Å²) in [5.41, 5.74) is 6.40. The molecule has 2 aromatic carbocycles. The highest BCUT2D eigenvalue weighted by atomic mass is 16.5. The topological polar surface area (TPSA) is 77.4 Å². The number of carbonyl (C=O) groups is 2. The molecule has 4 rings (SSSR count). The molecule has 0 fully saturated rings. The van der Waals surface area contributed by atoms with Gasteiger partial charge in [0.2, 0.25) is 0 Å². The second-order valence-corrected chi connectivity index (χ2v) is 6.79. The monoisotopic (exact) mass is 404 g/mol. The Labute approximate surface area is 173 Å². The minimum atomic E-state index is -0.294. The lowest BCUT2D eigenvalue weighted by molar-refractivity contribution is -0.140. The Morgan fingerprint density at radius 1 is 1.20 bits per heavy atom. The van der Waals surface area contributed by atoms with Crippen molar-refractivity contribution in [3.8, 4) is 11.5 Å². The maximum atomic E-state index is 13.4. The number of nitrogens with zero attached hydrogens (tertiary/aromatic N) is 2. The number of benzene rings is 2. The van der Waals surface area contributed by atoms with E-state index in [4.69, 9.17) is 9.47 Å². The van der Waals surface area contributed by atoms with Gasteiger partial charge in [-0.15, -0.1) is 0 Å². The fraction of sp³-hybridized carbons (Fsp3) is 0.261. The van der Waals surface area contributed by atoms with Crippen LogP contribution in [-0.2, 0) is 16.0 Å². The lowest BCUT2D eigenvalue weighted by atomic mass is 10.1. The minimum absolute atomic E-state index is 0.210. The summed E-state index contributed by atoms with van der Waals surface area (Å²) in [6, 6.07) is 11.0. The molecular weight excluding hydrogens is 384 g/mol. The van der Waals surface area contributed by atoms with Crippen LogP contribution < -0.4 is 14.4 Å². The van der Waals surface area contributed by atoms with Gasteiger partial charge in [-0.1, -0.05) is 18.2 Å². The lowest BCUT2D eigenvalue weighted by Gasteiger charge is -2.21. The van der Waals surface area contributed by atoms with Crippen LogP contribution in [0.5, 0.6) is 11.5 Å². The van der Waals surface area contributed by atoms with E-state index in [9.17, 15) is 9.59 Å². The number of fused-ring (bicyclic) bond motifs is 4. The summed E-state index contributed by atoms with van der Waals surface area (Å²) in [5.74, 6) is 3.16. The van der Waals surface area contributed by atoms with Gasteiger partial charge in [0.25, 0.3) is 5.91 Å². The first kappa shape index (κ1) is 19.5. The van der Waals surface area contributed by atoms with Crippen LogP contribution in [0.4, 0.5) is 11.4 Å². The number of rotatable bonds is 6. The Morgan fingerprint density at radius 2 is 2.03 bits per heavy atom. The Kier molecular flexibility index (Phi) is 5.40. The van der Waals surface area contributed by atoms with Crippen molar-refractivity contribution in [2.24, 2.45) is 4.99 Å². The van der Waals surface area contributed by atoms with Crippen LogP contribution >= 0.6 is 0 Å². The number of ether oxygens (including phenoxy) is 3. The first-order valence-corrected chi connectivity index (χ1v) is 9.54. The number of anilines is 1. The van der Waals surface area contributed by atoms with Crippen molar-refractivity contribution in [2.75, 3.05) is 25.7 Å². The zero-order valence-electron chi connectivity index (χ0n) is 16.7. The summed E-state index contributed by atoms with van der Waals surface area (Å²) in [6.07, 6.45) is 1.34.